The third-order valence-electron chi connectivity index (χ3n) is 4.47. The van der Waals surface area contributed by atoms with Crippen molar-refractivity contribution in [3.8, 4) is 11.5 Å². The number of hydrogen-bond acceptors (Lipinski definition) is 5. The first-order valence-electron chi connectivity index (χ1n) is 8.31. The minimum atomic E-state index is -1.38. The van der Waals surface area contributed by atoms with Crippen LogP contribution in [0.2, 0.25) is 5.02 Å². The normalized spacial score (nSPS) is 17.6. The first kappa shape index (κ1) is 17.1. The second-order valence-electron chi connectivity index (χ2n) is 5.93. The van der Waals surface area contributed by atoms with Gasteiger partial charge in [0.15, 0.2) is 11.5 Å². The molecular formula is C19H18ClNO5. The summed E-state index contributed by atoms with van der Waals surface area (Å²) in [7, 11) is 1.59. The van der Waals surface area contributed by atoms with Gasteiger partial charge in [0.05, 0.1) is 32.6 Å². The highest BCUT2D eigenvalue weighted by atomic mass is 35.5. The van der Waals surface area contributed by atoms with E-state index in [-0.39, 0.29) is 5.91 Å². The van der Waals surface area contributed by atoms with Crippen LogP contribution < -0.4 is 14.4 Å². The van der Waals surface area contributed by atoms with E-state index in [1.165, 1.54) is 0 Å². The van der Waals surface area contributed by atoms with Crippen LogP contribution in [0.25, 0.3) is 0 Å². The Morgan fingerprint density at radius 3 is 2.62 bits per heavy atom. The van der Waals surface area contributed by atoms with Crippen LogP contribution in [0.4, 0.5) is 5.69 Å². The first-order chi connectivity index (χ1) is 12.7. The number of methoxy groups -OCH3 is 1. The van der Waals surface area contributed by atoms with Gasteiger partial charge in [-0.25, -0.2) is 0 Å². The van der Waals surface area contributed by atoms with Crippen molar-refractivity contribution in [1.82, 2.24) is 0 Å². The number of ether oxygens (including phenoxy) is 4. The highest BCUT2D eigenvalue weighted by Crippen LogP contribution is 2.46. The lowest BCUT2D eigenvalue weighted by Gasteiger charge is -2.22. The lowest BCUT2D eigenvalue weighted by atomic mass is 10.1. The van der Waals surface area contributed by atoms with Crippen LogP contribution in [0.15, 0.2) is 42.5 Å². The average molecular weight is 376 g/mol. The Labute approximate surface area is 156 Å². The summed E-state index contributed by atoms with van der Waals surface area (Å²) in [5.41, 5.74) is 1.37. The number of nitrogens with zero attached hydrogens (tertiary/aromatic N) is 1. The Morgan fingerprint density at radius 2 is 1.88 bits per heavy atom. The molecule has 0 radical (unpaired) electrons. The molecule has 1 fully saturated rings. The Bertz CT molecular complexity index is 834. The molecule has 6 nitrogen and oxygen atoms in total. The summed E-state index contributed by atoms with van der Waals surface area (Å²) in [6, 6.07) is 12.7. The van der Waals surface area contributed by atoms with Gasteiger partial charge in [0.2, 0.25) is 0 Å². The van der Waals surface area contributed by atoms with E-state index in [4.69, 9.17) is 30.5 Å². The molecule has 0 N–H and O–H groups in total. The number of halogens is 1. The molecular weight excluding hydrogens is 358 g/mol. The number of benzene rings is 2. The minimum absolute atomic E-state index is 0.254. The van der Waals surface area contributed by atoms with Crippen LogP contribution in [0.1, 0.15) is 5.56 Å². The molecule has 1 amide bonds. The Morgan fingerprint density at radius 1 is 1.15 bits per heavy atom. The van der Waals surface area contributed by atoms with E-state index < -0.39 is 5.79 Å². The number of carbonyl (C=O) groups excluding carboxylic acids is 1. The summed E-state index contributed by atoms with van der Waals surface area (Å²) in [6.45, 7) is 1.37. The van der Waals surface area contributed by atoms with Gasteiger partial charge in [-0.2, -0.15) is 0 Å². The summed E-state index contributed by atoms with van der Waals surface area (Å²) >= 11 is 6.12. The summed E-state index contributed by atoms with van der Waals surface area (Å²) in [6.07, 6.45) is 0. The lowest BCUT2D eigenvalue weighted by molar-refractivity contribution is -0.180. The zero-order valence-corrected chi connectivity index (χ0v) is 15.0. The fraction of sp³-hybridized carbons (Fsp3) is 0.316. The zero-order valence-electron chi connectivity index (χ0n) is 14.2. The maximum Gasteiger partial charge on any atom is 0.292 e. The molecule has 0 atom stereocenters. The van der Waals surface area contributed by atoms with Crippen molar-refractivity contribution in [3.63, 3.8) is 0 Å². The average Bonchev–Trinajstić information content (AvgIpc) is 3.23. The molecule has 0 aliphatic carbocycles. The van der Waals surface area contributed by atoms with E-state index in [1.54, 1.807) is 30.2 Å². The van der Waals surface area contributed by atoms with Gasteiger partial charge in [-0.3, -0.25) is 4.79 Å². The minimum Gasteiger partial charge on any atom is -0.493 e. The Kier molecular flexibility index (Phi) is 4.48. The number of fused-ring (bicyclic) bond motifs is 2. The van der Waals surface area contributed by atoms with Gasteiger partial charge >= 0.3 is 0 Å². The lowest BCUT2D eigenvalue weighted by Crippen LogP contribution is -2.42. The van der Waals surface area contributed by atoms with Crippen molar-refractivity contribution in [3.05, 3.63) is 53.1 Å². The smallest absolute Gasteiger partial charge is 0.292 e. The summed E-state index contributed by atoms with van der Waals surface area (Å²) in [4.78, 5) is 14.6. The van der Waals surface area contributed by atoms with Crippen LogP contribution in [0.3, 0.4) is 0 Å². The van der Waals surface area contributed by atoms with Crippen LogP contribution in [0.5, 0.6) is 11.5 Å². The second-order valence-corrected chi connectivity index (χ2v) is 6.37. The zero-order chi connectivity index (χ0) is 18.1. The van der Waals surface area contributed by atoms with Crippen molar-refractivity contribution in [2.45, 2.75) is 5.79 Å². The van der Waals surface area contributed by atoms with Crippen molar-refractivity contribution in [2.24, 2.45) is 0 Å². The van der Waals surface area contributed by atoms with Crippen molar-refractivity contribution in [1.29, 1.82) is 0 Å². The van der Waals surface area contributed by atoms with Crippen molar-refractivity contribution < 1.29 is 23.7 Å². The van der Waals surface area contributed by atoms with Gasteiger partial charge in [-0.1, -0.05) is 23.7 Å². The van der Waals surface area contributed by atoms with E-state index in [0.717, 1.165) is 5.69 Å². The summed E-state index contributed by atoms with van der Waals surface area (Å²) in [5.74, 6) is -0.367. The van der Waals surface area contributed by atoms with Gasteiger partial charge < -0.3 is 23.8 Å². The van der Waals surface area contributed by atoms with Crippen LogP contribution in [-0.4, -0.2) is 39.4 Å². The maximum atomic E-state index is 13.0. The number of hydrogen-bond donors (Lipinski definition) is 0. The van der Waals surface area contributed by atoms with Gasteiger partial charge in [0.25, 0.3) is 11.7 Å². The third-order valence-corrected chi connectivity index (χ3v) is 4.70. The maximum absolute atomic E-state index is 13.0. The predicted molar refractivity (Wildman–Crippen MR) is 95.9 cm³/mol. The number of rotatable bonds is 5. The molecule has 4 rings (SSSR count). The van der Waals surface area contributed by atoms with E-state index in [1.807, 2.05) is 24.3 Å². The number of carbonyl (C=O) groups is 1. The molecule has 2 aliphatic heterocycles. The van der Waals surface area contributed by atoms with Crippen LogP contribution >= 0.6 is 11.6 Å². The van der Waals surface area contributed by atoms with Gasteiger partial charge in [-0.05, 0) is 30.3 Å². The van der Waals surface area contributed by atoms with Crippen LogP contribution in [0, 0.1) is 0 Å². The standard InChI is InChI=1S/C19H18ClNO5/c1-23-16-4-2-3-5-17(16)24-9-8-21-15-7-6-13(20)12-14(15)19(18(21)22)25-10-11-26-19/h2-7,12H,8-11H2,1H3. The van der Waals surface area contributed by atoms with Crippen molar-refractivity contribution >= 4 is 23.2 Å². The molecule has 0 bridgehead atoms. The SMILES string of the molecule is COc1ccccc1OCCN1C(=O)C2(OCCO2)c2cc(Cl)ccc21. The quantitative estimate of drug-likeness (QED) is 0.804. The molecule has 0 saturated carbocycles. The molecule has 136 valence electrons. The topological polar surface area (TPSA) is 57.2 Å². The number of para-hydroxylation sites is 2. The molecule has 1 spiro atoms. The van der Waals surface area contributed by atoms with E-state index in [2.05, 4.69) is 0 Å². The predicted octanol–water partition coefficient (Wildman–Crippen LogP) is 2.97. The summed E-state index contributed by atoms with van der Waals surface area (Å²) < 4.78 is 22.5. The molecule has 1 saturated heterocycles. The van der Waals surface area contributed by atoms with Gasteiger partial charge in [0, 0.05) is 10.6 Å². The molecule has 2 aromatic rings. The van der Waals surface area contributed by atoms with Gasteiger partial charge in [-0.15, -0.1) is 0 Å². The van der Waals surface area contributed by atoms with Crippen LogP contribution in [-0.2, 0) is 20.1 Å². The van der Waals surface area contributed by atoms with E-state index in [0.29, 0.717) is 48.5 Å². The number of anilines is 1. The molecule has 2 aromatic carbocycles. The fourth-order valence-electron chi connectivity index (χ4n) is 3.31. The monoisotopic (exact) mass is 375 g/mol. The van der Waals surface area contributed by atoms with E-state index >= 15 is 0 Å². The molecule has 2 heterocycles. The Hall–Kier alpha value is -2.28. The highest BCUT2D eigenvalue weighted by molar-refractivity contribution is 6.31. The second kappa shape index (κ2) is 6.79. The highest BCUT2D eigenvalue weighted by Gasteiger charge is 2.56. The van der Waals surface area contributed by atoms with E-state index in [9.17, 15) is 4.79 Å². The summed E-state index contributed by atoms with van der Waals surface area (Å²) in [5, 5.41) is 0.530. The number of amides is 1. The molecule has 0 unspecified atom stereocenters. The molecule has 2 aliphatic rings. The molecule has 0 aromatic heterocycles. The van der Waals surface area contributed by atoms with Gasteiger partial charge in [0.1, 0.15) is 6.61 Å². The Balaban J connectivity index is 1.55. The molecule has 7 heteroatoms. The first-order valence-corrected chi connectivity index (χ1v) is 8.69. The molecule has 26 heavy (non-hydrogen) atoms. The fourth-order valence-corrected chi connectivity index (χ4v) is 3.48. The van der Waals surface area contributed by atoms with Crippen molar-refractivity contribution in [2.75, 3.05) is 38.4 Å². The third kappa shape index (κ3) is 2.70. The largest absolute Gasteiger partial charge is 0.493 e.